The minimum Gasteiger partial charge on any atom is -0.489 e. The minimum atomic E-state index is 0.248. The van der Waals surface area contributed by atoms with Crippen LogP contribution >= 0.6 is 15.9 Å². The summed E-state index contributed by atoms with van der Waals surface area (Å²) in [5.41, 5.74) is 1.12. The molecule has 3 nitrogen and oxygen atoms in total. The number of hydrogen-bond acceptors (Lipinski definition) is 3. The normalized spacial score (nSPS) is 19.2. The Kier molecular flexibility index (Phi) is 3.71. The molecule has 0 saturated carbocycles. The monoisotopic (exact) mass is 285 g/mol. The molecule has 0 aromatic heterocycles. The second-order valence-electron chi connectivity index (χ2n) is 4.05. The molecule has 0 radical (unpaired) electrons. The van der Waals surface area contributed by atoms with Crippen LogP contribution in [0, 0.1) is 0 Å². The standard InChI is InChI=1S/C12H16BrNO2/c1-14-10(3-2-6-15)8-16-12-7-9(13)4-5-11(12)14/h4-5,7,10,15H,2-3,6,8H2,1H3. The molecule has 0 fully saturated rings. The summed E-state index contributed by atoms with van der Waals surface area (Å²) < 4.78 is 6.77. The first-order valence-electron chi connectivity index (χ1n) is 5.48. The minimum absolute atomic E-state index is 0.248. The third-order valence-corrected chi connectivity index (χ3v) is 3.47. The third-order valence-electron chi connectivity index (χ3n) is 2.98. The summed E-state index contributed by atoms with van der Waals surface area (Å²) in [5, 5.41) is 8.85. The van der Waals surface area contributed by atoms with Crippen LogP contribution < -0.4 is 9.64 Å². The molecule has 16 heavy (non-hydrogen) atoms. The van der Waals surface area contributed by atoms with Gasteiger partial charge in [-0.2, -0.15) is 0 Å². The van der Waals surface area contributed by atoms with Gasteiger partial charge in [0.05, 0.1) is 11.7 Å². The average molecular weight is 286 g/mol. The molecule has 4 heteroatoms. The van der Waals surface area contributed by atoms with Gasteiger partial charge in [0.2, 0.25) is 0 Å². The summed E-state index contributed by atoms with van der Waals surface area (Å²) in [6.07, 6.45) is 1.78. The Bertz CT molecular complexity index is 370. The summed E-state index contributed by atoms with van der Waals surface area (Å²) >= 11 is 3.44. The third kappa shape index (κ3) is 2.33. The number of benzene rings is 1. The number of anilines is 1. The van der Waals surface area contributed by atoms with E-state index >= 15 is 0 Å². The lowest BCUT2D eigenvalue weighted by molar-refractivity contribution is 0.236. The lowest BCUT2D eigenvalue weighted by Crippen LogP contribution is -2.40. The molecule has 1 atom stereocenters. The first-order chi connectivity index (χ1) is 7.72. The SMILES string of the molecule is CN1c2ccc(Br)cc2OCC1CCCO. The zero-order chi connectivity index (χ0) is 11.5. The number of rotatable bonds is 3. The van der Waals surface area contributed by atoms with Crippen molar-refractivity contribution in [3.8, 4) is 5.75 Å². The molecule has 1 aliphatic heterocycles. The van der Waals surface area contributed by atoms with Gasteiger partial charge in [-0.1, -0.05) is 15.9 Å². The van der Waals surface area contributed by atoms with Crippen LogP contribution in [0.2, 0.25) is 0 Å². The van der Waals surface area contributed by atoms with E-state index in [2.05, 4.69) is 33.9 Å². The molecule has 88 valence electrons. The van der Waals surface area contributed by atoms with Crippen molar-refractivity contribution >= 4 is 21.6 Å². The van der Waals surface area contributed by atoms with Gasteiger partial charge in [-0.25, -0.2) is 0 Å². The first kappa shape index (κ1) is 11.7. The van der Waals surface area contributed by atoms with E-state index in [0.717, 1.165) is 28.8 Å². The fourth-order valence-corrected chi connectivity index (χ4v) is 2.33. The Labute approximate surface area is 104 Å². The van der Waals surface area contributed by atoms with Gasteiger partial charge < -0.3 is 14.7 Å². The second-order valence-corrected chi connectivity index (χ2v) is 4.97. The lowest BCUT2D eigenvalue weighted by atomic mass is 10.1. The summed E-state index contributed by atoms with van der Waals surface area (Å²) in [4.78, 5) is 2.24. The predicted molar refractivity (Wildman–Crippen MR) is 68.1 cm³/mol. The molecule has 1 heterocycles. The summed E-state index contributed by atoms with van der Waals surface area (Å²) in [6.45, 7) is 0.942. The van der Waals surface area contributed by atoms with Crippen LogP contribution in [0.5, 0.6) is 5.75 Å². The molecular formula is C12H16BrNO2. The number of aliphatic hydroxyl groups excluding tert-OH is 1. The molecule has 0 amide bonds. The highest BCUT2D eigenvalue weighted by atomic mass is 79.9. The highest BCUT2D eigenvalue weighted by Crippen LogP contribution is 2.35. The van der Waals surface area contributed by atoms with Crippen molar-refractivity contribution in [2.45, 2.75) is 18.9 Å². The Balaban J connectivity index is 2.15. The predicted octanol–water partition coefficient (Wildman–Crippen LogP) is 2.42. The zero-order valence-electron chi connectivity index (χ0n) is 9.32. The Hall–Kier alpha value is -0.740. The Morgan fingerprint density at radius 3 is 3.12 bits per heavy atom. The van der Waals surface area contributed by atoms with E-state index < -0.39 is 0 Å². The number of aliphatic hydroxyl groups is 1. The number of halogens is 1. The quantitative estimate of drug-likeness (QED) is 0.926. The van der Waals surface area contributed by atoms with Gasteiger partial charge in [-0.3, -0.25) is 0 Å². The maximum absolute atomic E-state index is 8.85. The van der Waals surface area contributed by atoms with E-state index in [4.69, 9.17) is 9.84 Å². The van der Waals surface area contributed by atoms with Gasteiger partial charge in [-0.15, -0.1) is 0 Å². The fraction of sp³-hybridized carbons (Fsp3) is 0.500. The number of fused-ring (bicyclic) bond motifs is 1. The number of hydrogen-bond donors (Lipinski definition) is 1. The first-order valence-corrected chi connectivity index (χ1v) is 6.27. The van der Waals surface area contributed by atoms with Crippen molar-refractivity contribution in [2.24, 2.45) is 0 Å². The van der Waals surface area contributed by atoms with Crippen LogP contribution in [0.15, 0.2) is 22.7 Å². The van der Waals surface area contributed by atoms with Crippen molar-refractivity contribution in [3.05, 3.63) is 22.7 Å². The van der Waals surface area contributed by atoms with Crippen LogP contribution in [-0.4, -0.2) is 31.4 Å². The summed E-state index contributed by atoms with van der Waals surface area (Å²) in [7, 11) is 2.08. The van der Waals surface area contributed by atoms with E-state index in [0.29, 0.717) is 12.6 Å². The van der Waals surface area contributed by atoms with Crippen LogP contribution in [-0.2, 0) is 0 Å². The molecule has 1 aromatic rings. The van der Waals surface area contributed by atoms with Crippen LogP contribution in [0.4, 0.5) is 5.69 Å². The molecule has 1 aromatic carbocycles. The molecular weight excluding hydrogens is 270 g/mol. The van der Waals surface area contributed by atoms with Gasteiger partial charge in [0, 0.05) is 18.1 Å². The van der Waals surface area contributed by atoms with E-state index in [1.807, 2.05) is 12.1 Å². The summed E-state index contributed by atoms with van der Waals surface area (Å²) in [6, 6.07) is 6.44. The van der Waals surface area contributed by atoms with Gasteiger partial charge in [0.1, 0.15) is 12.4 Å². The molecule has 1 unspecified atom stereocenters. The summed E-state index contributed by atoms with van der Waals surface area (Å²) in [5.74, 6) is 0.928. The van der Waals surface area contributed by atoms with E-state index in [9.17, 15) is 0 Å². The largest absolute Gasteiger partial charge is 0.489 e. The maximum atomic E-state index is 8.85. The molecule has 0 aliphatic carbocycles. The molecule has 1 N–H and O–H groups in total. The zero-order valence-corrected chi connectivity index (χ0v) is 10.9. The maximum Gasteiger partial charge on any atom is 0.143 e. The average Bonchev–Trinajstić information content (AvgIpc) is 2.28. The van der Waals surface area contributed by atoms with Gasteiger partial charge in [0.25, 0.3) is 0 Å². The molecule has 0 spiro atoms. The Morgan fingerprint density at radius 2 is 2.38 bits per heavy atom. The van der Waals surface area contributed by atoms with E-state index in [-0.39, 0.29) is 6.61 Å². The van der Waals surface area contributed by atoms with Crippen LogP contribution in [0.25, 0.3) is 0 Å². The second kappa shape index (κ2) is 5.06. The van der Waals surface area contributed by atoms with Gasteiger partial charge in [0.15, 0.2) is 0 Å². The molecule has 2 rings (SSSR count). The smallest absolute Gasteiger partial charge is 0.143 e. The molecule has 0 saturated heterocycles. The van der Waals surface area contributed by atoms with Crippen molar-refractivity contribution in [2.75, 3.05) is 25.2 Å². The van der Waals surface area contributed by atoms with Crippen molar-refractivity contribution in [1.82, 2.24) is 0 Å². The highest BCUT2D eigenvalue weighted by Gasteiger charge is 2.24. The number of ether oxygens (including phenoxy) is 1. The van der Waals surface area contributed by atoms with Crippen LogP contribution in [0.1, 0.15) is 12.8 Å². The molecule has 1 aliphatic rings. The fourth-order valence-electron chi connectivity index (χ4n) is 1.99. The van der Waals surface area contributed by atoms with Crippen molar-refractivity contribution < 1.29 is 9.84 Å². The molecule has 0 bridgehead atoms. The lowest BCUT2D eigenvalue weighted by Gasteiger charge is -2.36. The van der Waals surface area contributed by atoms with Gasteiger partial charge in [-0.05, 0) is 31.0 Å². The number of likely N-dealkylation sites (N-methyl/N-ethyl adjacent to an activating group) is 1. The van der Waals surface area contributed by atoms with Crippen molar-refractivity contribution in [3.63, 3.8) is 0 Å². The van der Waals surface area contributed by atoms with E-state index in [1.165, 1.54) is 0 Å². The van der Waals surface area contributed by atoms with Gasteiger partial charge >= 0.3 is 0 Å². The van der Waals surface area contributed by atoms with Crippen LogP contribution in [0.3, 0.4) is 0 Å². The van der Waals surface area contributed by atoms with E-state index in [1.54, 1.807) is 0 Å². The topological polar surface area (TPSA) is 32.7 Å². The number of nitrogens with zero attached hydrogens (tertiary/aromatic N) is 1. The highest BCUT2D eigenvalue weighted by molar-refractivity contribution is 9.10. The van der Waals surface area contributed by atoms with Crippen molar-refractivity contribution in [1.29, 1.82) is 0 Å². The Morgan fingerprint density at radius 1 is 1.56 bits per heavy atom.